The molecular weight excluding hydrogens is 389 g/mol. The van der Waals surface area contributed by atoms with Crippen LogP contribution in [0.4, 0.5) is 18.9 Å². The number of carboxylic acid groups (broad SMARTS) is 1. The SMILES string of the molecule is O=C(O)C(F)(F)F.O=C1CC[C@@H]2[C@@H](CCN2Cc2ccoc2)N1c1ccccc1. The zero-order valence-electron chi connectivity index (χ0n) is 15.5. The van der Waals surface area contributed by atoms with Crippen molar-refractivity contribution in [3.8, 4) is 0 Å². The molecule has 3 heterocycles. The van der Waals surface area contributed by atoms with Crippen LogP contribution in [0.5, 0.6) is 0 Å². The molecule has 1 N–H and O–H groups in total. The second-order valence-electron chi connectivity index (χ2n) is 6.97. The van der Waals surface area contributed by atoms with Crippen molar-refractivity contribution in [3.05, 3.63) is 54.5 Å². The summed E-state index contributed by atoms with van der Waals surface area (Å²) >= 11 is 0. The summed E-state index contributed by atoms with van der Waals surface area (Å²) in [6.45, 7) is 1.95. The van der Waals surface area contributed by atoms with Crippen LogP contribution in [0.2, 0.25) is 0 Å². The Morgan fingerprint density at radius 3 is 2.41 bits per heavy atom. The molecule has 1 aromatic carbocycles. The van der Waals surface area contributed by atoms with E-state index in [2.05, 4.69) is 4.90 Å². The predicted octanol–water partition coefficient (Wildman–Crippen LogP) is 3.68. The lowest BCUT2D eigenvalue weighted by atomic mass is 9.95. The number of furan rings is 1. The van der Waals surface area contributed by atoms with Crippen molar-refractivity contribution < 1.29 is 32.3 Å². The van der Waals surface area contributed by atoms with E-state index >= 15 is 0 Å². The molecule has 9 heteroatoms. The van der Waals surface area contributed by atoms with Crippen molar-refractivity contribution in [2.75, 3.05) is 11.4 Å². The van der Waals surface area contributed by atoms with Crippen LogP contribution in [0, 0.1) is 0 Å². The molecule has 2 aromatic rings. The van der Waals surface area contributed by atoms with Crippen molar-refractivity contribution in [2.45, 2.75) is 44.1 Å². The Morgan fingerprint density at radius 2 is 1.83 bits per heavy atom. The topological polar surface area (TPSA) is 74.0 Å². The van der Waals surface area contributed by atoms with E-state index in [4.69, 9.17) is 14.3 Å². The third kappa shape index (κ3) is 4.97. The number of fused-ring (bicyclic) bond motifs is 1. The molecule has 2 aliphatic rings. The Kier molecular flexibility index (Phi) is 6.26. The highest BCUT2D eigenvalue weighted by molar-refractivity contribution is 5.95. The number of likely N-dealkylation sites (tertiary alicyclic amines) is 1. The maximum Gasteiger partial charge on any atom is 0.490 e. The van der Waals surface area contributed by atoms with Crippen molar-refractivity contribution in [2.24, 2.45) is 0 Å². The van der Waals surface area contributed by atoms with Crippen LogP contribution in [-0.2, 0) is 16.1 Å². The molecule has 0 radical (unpaired) electrons. The largest absolute Gasteiger partial charge is 0.490 e. The summed E-state index contributed by atoms with van der Waals surface area (Å²) in [7, 11) is 0. The molecular formula is C20H21F3N2O4. The van der Waals surface area contributed by atoms with E-state index in [0.717, 1.165) is 31.6 Å². The van der Waals surface area contributed by atoms with Gasteiger partial charge in [0.15, 0.2) is 0 Å². The van der Waals surface area contributed by atoms with Gasteiger partial charge in [0.1, 0.15) is 0 Å². The Labute approximate surface area is 165 Å². The average Bonchev–Trinajstić information content (AvgIpc) is 3.33. The fourth-order valence-electron chi connectivity index (χ4n) is 3.89. The zero-order chi connectivity index (χ0) is 21.0. The van der Waals surface area contributed by atoms with Crippen LogP contribution in [-0.4, -0.2) is 46.7 Å². The van der Waals surface area contributed by atoms with E-state index in [0.29, 0.717) is 18.5 Å². The van der Waals surface area contributed by atoms with Gasteiger partial charge in [0.25, 0.3) is 0 Å². The predicted molar refractivity (Wildman–Crippen MR) is 98.2 cm³/mol. The molecule has 2 fully saturated rings. The Hall–Kier alpha value is -2.81. The van der Waals surface area contributed by atoms with E-state index in [-0.39, 0.29) is 5.91 Å². The molecule has 0 saturated carbocycles. The first-order valence-corrected chi connectivity index (χ1v) is 9.19. The number of alkyl halides is 3. The summed E-state index contributed by atoms with van der Waals surface area (Å²) in [5.74, 6) is -2.50. The van der Waals surface area contributed by atoms with Gasteiger partial charge in [0.2, 0.25) is 5.91 Å². The number of carbonyl (C=O) groups excluding carboxylic acids is 1. The second-order valence-corrected chi connectivity index (χ2v) is 6.97. The molecule has 0 bridgehead atoms. The number of piperidine rings is 1. The molecule has 0 spiro atoms. The number of carbonyl (C=O) groups is 2. The molecule has 6 nitrogen and oxygen atoms in total. The Bertz CT molecular complexity index is 824. The maximum absolute atomic E-state index is 12.5. The molecule has 0 aliphatic carbocycles. The summed E-state index contributed by atoms with van der Waals surface area (Å²) < 4.78 is 36.9. The smallest absolute Gasteiger partial charge is 0.475 e. The lowest BCUT2D eigenvalue weighted by Crippen LogP contribution is -2.52. The number of hydrogen-bond donors (Lipinski definition) is 1. The number of aliphatic carboxylic acids is 1. The van der Waals surface area contributed by atoms with Crippen LogP contribution < -0.4 is 4.90 Å². The van der Waals surface area contributed by atoms with Crippen molar-refractivity contribution >= 4 is 17.6 Å². The number of halogens is 3. The highest BCUT2D eigenvalue weighted by atomic mass is 19.4. The Morgan fingerprint density at radius 1 is 1.14 bits per heavy atom. The summed E-state index contributed by atoms with van der Waals surface area (Å²) in [4.78, 5) is 25.9. The van der Waals surface area contributed by atoms with Gasteiger partial charge in [0, 0.05) is 36.8 Å². The first-order chi connectivity index (χ1) is 13.8. The molecule has 0 unspecified atom stereocenters. The van der Waals surface area contributed by atoms with Gasteiger partial charge in [-0.05, 0) is 31.0 Å². The minimum Gasteiger partial charge on any atom is -0.475 e. The van der Waals surface area contributed by atoms with Gasteiger partial charge in [-0.25, -0.2) is 4.79 Å². The van der Waals surface area contributed by atoms with E-state index in [1.54, 1.807) is 6.26 Å². The third-order valence-corrected chi connectivity index (χ3v) is 5.12. The first kappa shape index (κ1) is 20.9. The summed E-state index contributed by atoms with van der Waals surface area (Å²) in [6, 6.07) is 12.9. The number of para-hydroxylation sites is 1. The van der Waals surface area contributed by atoms with Crippen LogP contribution in [0.15, 0.2) is 53.3 Å². The average molecular weight is 410 g/mol. The number of amides is 1. The van der Waals surface area contributed by atoms with Gasteiger partial charge >= 0.3 is 12.1 Å². The van der Waals surface area contributed by atoms with Gasteiger partial charge in [0.05, 0.1) is 18.6 Å². The number of anilines is 1. The van der Waals surface area contributed by atoms with Gasteiger partial charge in [-0.15, -0.1) is 0 Å². The monoisotopic (exact) mass is 410 g/mol. The van der Waals surface area contributed by atoms with Crippen molar-refractivity contribution in [1.29, 1.82) is 0 Å². The number of benzene rings is 1. The summed E-state index contributed by atoms with van der Waals surface area (Å²) in [6.07, 6.45) is 1.10. The third-order valence-electron chi connectivity index (χ3n) is 5.12. The lowest BCUT2D eigenvalue weighted by molar-refractivity contribution is -0.192. The minimum atomic E-state index is -5.08. The van der Waals surface area contributed by atoms with E-state index < -0.39 is 12.1 Å². The molecule has 29 heavy (non-hydrogen) atoms. The van der Waals surface area contributed by atoms with E-state index in [1.807, 2.05) is 47.6 Å². The molecule has 2 atom stereocenters. The fraction of sp³-hybridized carbons (Fsp3) is 0.400. The van der Waals surface area contributed by atoms with Crippen LogP contribution in [0.3, 0.4) is 0 Å². The van der Waals surface area contributed by atoms with E-state index in [9.17, 15) is 18.0 Å². The Balaban J connectivity index is 0.000000298. The highest BCUT2D eigenvalue weighted by Crippen LogP contribution is 2.35. The quantitative estimate of drug-likeness (QED) is 0.836. The molecule has 156 valence electrons. The van der Waals surface area contributed by atoms with Gasteiger partial charge in [-0.1, -0.05) is 18.2 Å². The fourth-order valence-corrected chi connectivity index (χ4v) is 3.89. The van der Waals surface area contributed by atoms with Gasteiger partial charge in [-0.3, -0.25) is 9.69 Å². The summed E-state index contributed by atoms with van der Waals surface area (Å²) in [5.41, 5.74) is 2.25. The highest BCUT2D eigenvalue weighted by Gasteiger charge is 2.43. The molecule has 1 amide bonds. The standard InChI is InChI=1S/C18H20N2O2.C2HF3O2/c21-18-7-6-16-17(20(18)15-4-2-1-3-5-15)8-10-19(16)12-14-9-11-22-13-14;3-2(4,5)1(6)7/h1-5,9,11,13,16-17H,6-8,10,12H2;(H,6,7)/t16-,17-;/m1./s1. The first-order valence-electron chi connectivity index (χ1n) is 9.19. The molecule has 4 rings (SSSR count). The lowest BCUT2D eigenvalue weighted by Gasteiger charge is -2.39. The maximum atomic E-state index is 12.5. The number of nitrogens with zero attached hydrogens (tertiary/aromatic N) is 2. The summed E-state index contributed by atoms with van der Waals surface area (Å²) in [5, 5.41) is 7.12. The molecule has 2 aliphatic heterocycles. The van der Waals surface area contributed by atoms with E-state index in [1.165, 1.54) is 5.56 Å². The van der Waals surface area contributed by atoms with Crippen LogP contribution in [0.25, 0.3) is 0 Å². The second kappa shape index (κ2) is 8.69. The zero-order valence-corrected chi connectivity index (χ0v) is 15.5. The normalized spacial score (nSPS) is 22.0. The van der Waals surface area contributed by atoms with Crippen LogP contribution >= 0.6 is 0 Å². The van der Waals surface area contributed by atoms with Crippen molar-refractivity contribution in [1.82, 2.24) is 4.90 Å². The number of hydrogen-bond acceptors (Lipinski definition) is 4. The minimum absolute atomic E-state index is 0.262. The van der Waals surface area contributed by atoms with Crippen LogP contribution in [0.1, 0.15) is 24.8 Å². The molecule has 2 saturated heterocycles. The number of rotatable bonds is 3. The van der Waals surface area contributed by atoms with Gasteiger partial charge < -0.3 is 14.4 Å². The van der Waals surface area contributed by atoms with Gasteiger partial charge in [-0.2, -0.15) is 13.2 Å². The molecule has 1 aromatic heterocycles. The number of carboxylic acids is 1. The van der Waals surface area contributed by atoms with Crippen molar-refractivity contribution in [3.63, 3.8) is 0 Å².